The van der Waals surface area contributed by atoms with E-state index < -0.39 is 0 Å². The number of nitrogen functional groups attached to an aromatic ring is 3. The zero-order valence-corrected chi connectivity index (χ0v) is 28.1. The highest BCUT2D eigenvalue weighted by atomic mass is 14.8. The van der Waals surface area contributed by atoms with Crippen LogP contribution in [0.15, 0.2) is 141 Å². The lowest BCUT2D eigenvalue weighted by Crippen LogP contribution is -2.32. The predicted octanol–water partition coefficient (Wildman–Crippen LogP) is 8.07. The van der Waals surface area contributed by atoms with Gasteiger partial charge >= 0.3 is 0 Å². The van der Waals surface area contributed by atoms with E-state index in [1.54, 1.807) is 12.4 Å². The first kappa shape index (κ1) is 33.5. The first-order valence-electron chi connectivity index (χ1n) is 16.3. The van der Waals surface area contributed by atoms with Crippen LogP contribution in [-0.2, 0) is 0 Å². The summed E-state index contributed by atoms with van der Waals surface area (Å²) in [6.07, 6.45) is 13.4. The van der Waals surface area contributed by atoms with Gasteiger partial charge in [-0.3, -0.25) is 20.0 Å². The molecule has 2 unspecified atom stereocenters. The Balaban J connectivity index is 1.12. The molecule has 2 atom stereocenters. The van der Waals surface area contributed by atoms with Crippen molar-refractivity contribution >= 4 is 64.6 Å². The second-order valence-corrected chi connectivity index (χ2v) is 12.3. The van der Waals surface area contributed by atoms with E-state index in [9.17, 15) is 0 Å². The molecule has 5 aromatic carbocycles. The van der Waals surface area contributed by atoms with E-state index in [0.29, 0.717) is 22.7 Å². The molecule has 0 saturated carbocycles. The Morgan fingerprint density at radius 2 is 1.00 bits per heavy atom. The number of benzene rings is 5. The van der Waals surface area contributed by atoms with E-state index in [4.69, 9.17) is 32.9 Å². The number of hydrogen-bond donors (Lipinski definition) is 4. The molecular formula is C42H40N8. The summed E-state index contributed by atoms with van der Waals surface area (Å²) < 4.78 is 0. The number of nitrogens with zero attached hydrogens (tertiary/aromatic N) is 4. The van der Waals surface area contributed by atoms with Gasteiger partial charge in [-0.05, 0) is 107 Å². The van der Waals surface area contributed by atoms with Crippen molar-refractivity contribution in [2.45, 2.75) is 25.9 Å². The SMILES string of the molecule is Cc1ccc(N)c(N=Cc2cccc(C=Nc3cc(C4=CC(N)C(N=Cc5cccc(C=Nc6cc(C)ccc6N)c5)C=C4)ccc3N)c2)c1. The number of hydrogen-bond acceptors (Lipinski definition) is 8. The fourth-order valence-corrected chi connectivity index (χ4v) is 5.44. The molecule has 50 heavy (non-hydrogen) atoms. The maximum absolute atomic E-state index is 6.59. The van der Waals surface area contributed by atoms with Crippen LogP contribution in [0.5, 0.6) is 0 Å². The molecule has 248 valence electrons. The number of aryl methyl sites for hydroxylation is 2. The van der Waals surface area contributed by atoms with Crippen LogP contribution in [0.4, 0.5) is 34.1 Å². The maximum atomic E-state index is 6.59. The molecule has 8 N–H and O–H groups in total. The Morgan fingerprint density at radius 3 is 1.50 bits per heavy atom. The number of anilines is 3. The fraction of sp³-hybridized carbons (Fsp3) is 0.0952. The molecule has 0 aromatic heterocycles. The molecule has 0 spiro atoms. The molecule has 8 heteroatoms. The van der Waals surface area contributed by atoms with Crippen molar-refractivity contribution in [1.82, 2.24) is 0 Å². The van der Waals surface area contributed by atoms with Crippen molar-refractivity contribution in [2.24, 2.45) is 25.7 Å². The normalized spacial score (nSPS) is 16.3. The fourth-order valence-electron chi connectivity index (χ4n) is 5.44. The van der Waals surface area contributed by atoms with Crippen LogP contribution < -0.4 is 22.9 Å². The van der Waals surface area contributed by atoms with Gasteiger partial charge in [0.1, 0.15) is 0 Å². The molecule has 0 heterocycles. The van der Waals surface area contributed by atoms with Gasteiger partial charge in [-0.2, -0.15) is 0 Å². The Morgan fingerprint density at radius 1 is 0.540 bits per heavy atom. The highest BCUT2D eigenvalue weighted by Gasteiger charge is 2.17. The number of nitrogens with two attached hydrogens (primary N) is 4. The maximum Gasteiger partial charge on any atom is 0.0870 e. The molecule has 1 aliphatic carbocycles. The van der Waals surface area contributed by atoms with Crippen molar-refractivity contribution in [3.63, 3.8) is 0 Å². The first-order valence-corrected chi connectivity index (χ1v) is 16.3. The monoisotopic (exact) mass is 656 g/mol. The summed E-state index contributed by atoms with van der Waals surface area (Å²) in [7, 11) is 0. The van der Waals surface area contributed by atoms with Gasteiger partial charge in [-0.25, -0.2) is 0 Å². The lowest BCUT2D eigenvalue weighted by Gasteiger charge is -2.20. The quantitative estimate of drug-likeness (QED) is 0.0936. The van der Waals surface area contributed by atoms with Crippen LogP contribution in [0.2, 0.25) is 0 Å². The van der Waals surface area contributed by atoms with Crippen molar-refractivity contribution < 1.29 is 0 Å². The molecule has 0 aliphatic heterocycles. The number of rotatable bonds is 9. The summed E-state index contributed by atoms with van der Waals surface area (Å²) >= 11 is 0. The van der Waals surface area contributed by atoms with Gasteiger partial charge in [0.25, 0.3) is 0 Å². The average molecular weight is 657 g/mol. The van der Waals surface area contributed by atoms with Crippen molar-refractivity contribution in [2.75, 3.05) is 17.2 Å². The average Bonchev–Trinajstić information content (AvgIpc) is 3.12. The lowest BCUT2D eigenvalue weighted by atomic mass is 9.94. The summed E-state index contributed by atoms with van der Waals surface area (Å²) in [5.41, 5.74) is 37.0. The highest BCUT2D eigenvalue weighted by Crippen LogP contribution is 2.30. The second-order valence-electron chi connectivity index (χ2n) is 12.3. The molecule has 8 nitrogen and oxygen atoms in total. The standard InChI is InChI=1S/C42H40N8/c1-27-9-13-35(43)40(17-27)48-24-30-6-3-5-29(19-30)23-47-39-16-12-33(21-38(39)46)34-11-15-37(45)42(22-34)50-26-32-8-4-7-31(20-32)25-49-41-18-28(2)10-14-36(41)44/h3-26,38-39H,43-46H2,1-2H3. The van der Waals surface area contributed by atoms with Crippen LogP contribution in [0, 0.1) is 13.8 Å². The van der Waals surface area contributed by atoms with E-state index in [2.05, 4.69) is 9.98 Å². The van der Waals surface area contributed by atoms with Gasteiger partial charge < -0.3 is 22.9 Å². The van der Waals surface area contributed by atoms with Crippen LogP contribution in [0.25, 0.3) is 5.57 Å². The molecule has 0 saturated heterocycles. The van der Waals surface area contributed by atoms with Gasteiger partial charge in [0.15, 0.2) is 0 Å². The van der Waals surface area contributed by atoms with Gasteiger partial charge in [0, 0.05) is 30.9 Å². The summed E-state index contributed by atoms with van der Waals surface area (Å²) in [6, 6.07) is 32.9. The molecule has 0 amide bonds. The third-order valence-electron chi connectivity index (χ3n) is 8.25. The molecular weight excluding hydrogens is 617 g/mol. The zero-order valence-electron chi connectivity index (χ0n) is 28.1. The molecule has 5 aromatic rings. The summed E-state index contributed by atoms with van der Waals surface area (Å²) in [6.45, 7) is 4.03. The van der Waals surface area contributed by atoms with Gasteiger partial charge in [-0.15, -0.1) is 0 Å². The predicted molar refractivity (Wildman–Crippen MR) is 213 cm³/mol. The summed E-state index contributed by atoms with van der Waals surface area (Å²) in [5, 5.41) is 0. The number of aliphatic imine (C=N–C) groups is 4. The van der Waals surface area contributed by atoms with E-state index in [1.807, 2.05) is 148 Å². The van der Waals surface area contributed by atoms with Crippen LogP contribution in [0.3, 0.4) is 0 Å². The van der Waals surface area contributed by atoms with E-state index in [0.717, 1.165) is 55.9 Å². The van der Waals surface area contributed by atoms with E-state index in [-0.39, 0.29) is 12.1 Å². The third kappa shape index (κ3) is 8.55. The molecule has 0 fully saturated rings. The van der Waals surface area contributed by atoms with Crippen molar-refractivity contribution in [3.8, 4) is 0 Å². The van der Waals surface area contributed by atoms with E-state index in [1.165, 1.54) is 0 Å². The Labute approximate surface area is 293 Å². The minimum Gasteiger partial charge on any atom is -0.397 e. The number of allylic oxidation sites excluding steroid dienone is 2. The smallest absolute Gasteiger partial charge is 0.0870 e. The molecule has 6 rings (SSSR count). The van der Waals surface area contributed by atoms with Crippen LogP contribution in [-0.4, -0.2) is 36.9 Å². The van der Waals surface area contributed by atoms with Crippen LogP contribution in [0.1, 0.15) is 38.9 Å². The third-order valence-corrected chi connectivity index (χ3v) is 8.25. The Hall–Kier alpha value is -6.38. The second kappa shape index (κ2) is 15.2. The van der Waals surface area contributed by atoms with Gasteiger partial charge in [0.2, 0.25) is 0 Å². The van der Waals surface area contributed by atoms with Gasteiger partial charge in [0.05, 0.1) is 40.2 Å². The first-order chi connectivity index (χ1) is 24.2. The van der Waals surface area contributed by atoms with Crippen LogP contribution >= 0.6 is 0 Å². The van der Waals surface area contributed by atoms with E-state index >= 15 is 0 Å². The van der Waals surface area contributed by atoms with Crippen molar-refractivity contribution in [1.29, 1.82) is 0 Å². The highest BCUT2D eigenvalue weighted by molar-refractivity contribution is 5.91. The minimum absolute atomic E-state index is 0.201. The zero-order chi connectivity index (χ0) is 35.0. The molecule has 0 radical (unpaired) electrons. The lowest BCUT2D eigenvalue weighted by molar-refractivity contribution is 0.706. The van der Waals surface area contributed by atoms with Gasteiger partial charge in [-0.1, -0.05) is 72.8 Å². The Bertz CT molecular complexity index is 2210. The minimum atomic E-state index is -0.302. The molecule has 0 bridgehead atoms. The molecule has 1 aliphatic rings. The largest absolute Gasteiger partial charge is 0.397 e. The Kier molecular flexibility index (Phi) is 10.2. The topological polar surface area (TPSA) is 154 Å². The van der Waals surface area contributed by atoms with Crippen molar-refractivity contribution in [3.05, 3.63) is 160 Å². The summed E-state index contributed by atoms with van der Waals surface area (Å²) in [5.74, 6) is 0. The summed E-state index contributed by atoms with van der Waals surface area (Å²) in [4.78, 5) is 18.7.